The van der Waals surface area contributed by atoms with E-state index in [1.807, 2.05) is 11.8 Å². The molecule has 104 valence electrons. The summed E-state index contributed by atoms with van der Waals surface area (Å²) in [5.74, 6) is 0.701. The van der Waals surface area contributed by atoms with Crippen molar-refractivity contribution in [2.45, 2.75) is 30.4 Å². The van der Waals surface area contributed by atoms with Gasteiger partial charge >= 0.3 is 0 Å². The van der Waals surface area contributed by atoms with Crippen LogP contribution in [0.15, 0.2) is 18.3 Å². The zero-order chi connectivity index (χ0) is 13.7. The van der Waals surface area contributed by atoms with Crippen molar-refractivity contribution in [2.24, 2.45) is 0 Å². The third kappa shape index (κ3) is 3.41. The summed E-state index contributed by atoms with van der Waals surface area (Å²) in [4.78, 5) is 16.3. The molecule has 1 aromatic rings. The summed E-state index contributed by atoms with van der Waals surface area (Å²) in [7, 11) is 1.80. The smallest absolute Gasteiger partial charge is 0.251 e. The van der Waals surface area contributed by atoms with Gasteiger partial charge in [0.05, 0.1) is 0 Å². The Labute approximate surface area is 118 Å². The van der Waals surface area contributed by atoms with Crippen LogP contribution in [-0.2, 0) is 0 Å². The van der Waals surface area contributed by atoms with Crippen LogP contribution in [-0.4, -0.2) is 35.5 Å². The summed E-state index contributed by atoms with van der Waals surface area (Å²) in [6.45, 7) is 0.754. The van der Waals surface area contributed by atoms with Gasteiger partial charge in [0, 0.05) is 30.1 Å². The van der Waals surface area contributed by atoms with Crippen LogP contribution in [0.2, 0.25) is 0 Å². The Morgan fingerprint density at radius 1 is 1.47 bits per heavy atom. The van der Waals surface area contributed by atoms with Crippen molar-refractivity contribution in [1.29, 1.82) is 0 Å². The molecular weight excluding hydrogens is 258 g/mol. The van der Waals surface area contributed by atoms with E-state index >= 15 is 0 Å². The highest BCUT2D eigenvalue weighted by atomic mass is 32.2. The van der Waals surface area contributed by atoms with E-state index in [0.717, 1.165) is 6.54 Å². The van der Waals surface area contributed by atoms with Crippen LogP contribution in [0.25, 0.3) is 0 Å². The lowest BCUT2D eigenvalue weighted by atomic mass is 10.1. The number of anilines is 1. The minimum absolute atomic E-state index is 0.0146. The highest BCUT2D eigenvalue weighted by Crippen LogP contribution is 2.39. The number of rotatable bonds is 5. The highest BCUT2D eigenvalue weighted by molar-refractivity contribution is 8.00. The molecule has 1 heterocycles. The molecule has 0 radical (unpaired) electrons. The quantitative estimate of drug-likeness (QED) is 0.869. The molecule has 0 unspecified atom stereocenters. The maximum atomic E-state index is 12.2. The summed E-state index contributed by atoms with van der Waals surface area (Å²) >= 11 is 1.89. The second-order valence-electron chi connectivity index (χ2n) is 4.96. The number of aromatic nitrogens is 1. The van der Waals surface area contributed by atoms with Crippen molar-refractivity contribution in [3.8, 4) is 0 Å². The lowest BCUT2D eigenvalue weighted by Gasteiger charge is -2.26. The van der Waals surface area contributed by atoms with Gasteiger partial charge in [0.2, 0.25) is 0 Å². The van der Waals surface area contributed by atoms with Gasteiger partial charge in [-0.25, -0.2) is 4.98 Å². The van der Waals surface area contributed by atoms with Crippen molar-refractivity contribution in [3.05, 3.63) is 23.9 Å². The van der Waals surface area contributed by atoms with E-state index in [1.54, 1.807) is 25.4 Å². The fourth-order valence-corrected chi connectivity index (χ4v) is 3.44. The molecule has 1 aliphatic rings. The summed E-state index contributed by atoms with van der Waals surface area (Å²) < 4.78 is 0.245. The van der Waals surface area contributed by atoms with Crippen LogP contribution in [0.1, 0.15) is 36.0 Å². The molecule has 0 saturated heterocycles. The molecule has 4 nitrogen and oxygen atoms in total. The van der Waals surface area contributed by atoms with Gasteiger partial charge in [0.25, 0.3) is 5.91 Å². The third-order valence-electron chi connectivity index (χ3n) is 3.80. The standard InChI is InChI=1S/C14H21N3OS/c1-15-12-9-11(5-8-16-12)13(18)17-10-14(19-2)6-3-4-7-14/h5,8-9H,3-4,6-7,10H2,1-2H3,(H,15,16)(H,17,18). The van der Waals surface area contributed by atoms with E-state index in [0.29, 0.717) is 11.4 Å². The topological polar surface area (TPSA) is 54.0 Å². The first-order valence-corrected chi connectivity index (χ1v) is 7.89. The lowest BCUT2D eigenvalue weighted by molar-refractivity contribution is 0.0949. The highest BCUT2D eigenvalue weighted by Gasteiger charge is 2.33. The first-order chi connectivity index (χ1) is 9.19. The Morgan fingerprint density at radius 3 is 2.84 bits per heavy atom. The molecule has 0 atom stereocenters. The van der Waals surface area contributed by atoms with Gasteiger partial charge in [0.1, 0.15) is 5.82 Å². The minimum atomic E-state index is -0.0146. The Kier molecular flexibility index (Phi) is 4.69. The van der Waals surface area contributed by atoms with Crippen LogP contribution < -0.4 is 10.6 Å². The SMILES string of the molecule is CNc1cc(C(=O)NCC2(SC)CCCC2)ccn1. The van der Waals surface area contributed by atoms with Crippen molar-refractivity contribution in [2.75, 3.05) is 25.2 Å². The third-order valence-corrected chi connectivity index (χ3v) is 5.22. The van der Waals surface area contributed by atoms with Crippen molar-refractivity contribution >= 4 is 23.5 Å². The van der Waals surface area contributed by atoms with E-state index in [2.05, 4.69) is 21.9 Å². The number of carbonyl (C=O) groups excluding carboxylic acids is 1. The van der Waals surface area contributed by atoms with Crippen molar-refractivity contribution in [1.82, 2.24) is 10.3 Å². The van der Waals surface area contributed by atoms with Gasteiger partial charge in [-0.15, -0.1) is 0 Å². The molecule has 0 aliphatic heterocycles. The molecule has 19 heavy (non-hydrogen) atoms. The summed E-state index contributed by atoms with van der Waals surface area (Å²) in [5, 5.41) is 6.01. The molecule has 1 saturated carbocycles. The van der Waals surface area contributed by atoms with Crippen LogP contribution in [0.3, 0.4) is 0 Å². The minimum Gasteiger partial charge on any atom is -0.373 e. The summed E-state index contributed by atoms with van der Waals surface area (Å²) in [6.07, 6.45) is 8.74. The Morgan fingerprint density at radius 2 is 2.21 bits per heavy atom. The maximum absolute atomic E-state index is 12.2. The fourth-order valence-electron chi connectivity index (χ4n) is 2.52. The van der Waals surface area contributed by atoms with Crippen LogP contribution >= 0.6 is 11.8 Å². The van der Waals surface area contributed by atoms with E-state index in [-0.39, 0.29) is 10.7 Å². The van der Waals surface area contributed by atoms with Gasteiger partial charge < -0.3 is 10.6 Å². The normalized spacial score (nSPS) is 17.2. The predicted molar refractivity (Wildman–Crippen MR) is 80.8 cm³/mol. The molecule has 1 aliphatic carbocycles. The molecule has 2 rings (SSSR count). The average Bonchev–Trinajstić information content (AvgIpc) is 2.94. The van der Waals surface area contributed by atoms with E-state index in [4.69, 9.17) is 0 Å². The second-order valence-corrected chi connectivity index (χ2v) is 6.23. The molecule has 1 fully saturated rings. The summed E-state index contributed by atoms with van der Waals surface area (Å²) in [5.41, 5.74) is 0.661. The van der Waals surface area contributed by atoms with Crippen LogP contribution in [0.5, 0.6) is 0 Å². The second kappa shape index (κ2) is 6.28. The predicted octanol–water partition coefficient (Wildman–Crippen LogP) is 2.53. The largest absolute Gasteiger partial charge is 0.373 e. The number of amides is 1. The molecule has 1 amide bonds. The molecule has 2 N–H and O–H groups in total. The molecular formula is C14H21N3OS. The Bertz CT molecular complexity index is 444. The van der Waals surface area contributed by atoms with Gasteiger partial charge in [-0.1, -0.05) is 12.8 Å². The van der Waals surface area contributed by atoms with E-state index < -0.39 is 0 Å². The Balaban J connectivity index is 1.97. The average molecular weight is 279 g/mol. The number of thioether (sulfide) groups is 1. The number of carbonyl (C=O) groups is 1. The first kappa shape index (κ1) is 14.2. The summed E-state index contributed by atoms with van der Waals surface area (Å²) in [6, 6.07) is 3.52. The first-order valence-electron chi connectivity index (χ1n) is 6.66. The van der Waals surface area contributed by atoms with E-state index in [1.165, 1.54) is 25.7 Å². The number of pyridine rings is 1. The number of nitrogens with one attached hydrogen (secondary N) is 2. The zero-order valence-electron chi connectivity index (χ0n) is 11.5. The van der Waals surface area contributed by atoms with Crippen molar-refractivity contribution < 1.29 is 4.79 Å². The van der Waals surface area contributed by atoms with Gasteiger partial charge in [0.15, 0.2) is 0 Å². The lowest BCUT2D eigenvalue weighted by Crippen LogP contribution is -2.38. The fraction of sp³-hybridized carbons (Fsp3) is 0.571. The number of hydrogen-bond acceptors (Lipinski definition) is 4. The zero-order valence-corrected chi connectivity index (χ0v) is 12.3. The molecule has 0 spiro atoms. The van der Waals surface area contributed by atoms with Gasteiger partial charge in [-0.05, 0) is 31.2 Å². The van der Waals surface area contributed by atoms with Gasteiger partial charge in [-0.2, -0.15) is 11.8 Å². The van der Waals surface area contributed by atoms with Crippen molar-refractivity contribution in [3.63, 3.8) is 0 Å². The van der Waals surface area contributed by atoms with E-state index in [9.17, 15) is 4.79 Å². The molecule has 0 aromatic carbocycles. The maximum Gasteiger partial charge on any atom is 0.251 e. The molecule has 0 bridgehead atoms. The molecule has 1 aromatic heterocycles. The van der Waals surface area contributed by atoms with Gasteiger partial charge in [-0.3, -0.25) is 4.79 Å². The Hall–Kier alpha value is -1.23. The molecule has 5 heteroatoms. The van der Waals surface area contributed by atoms with Crippen LogP contribution in [0.4, 0.5) is 5.82 Å². The number of hydrogen-bond donors (Lipinski definition) is 2. The monoisotopic (exact) mass is 279 g/mol. The van der Waals surface area contributed by atoms with Crippen LogP contribution in [0, 0.1) is 0 Å². The number of nitrogens with zero attached hydrogens (tertiary/aromatic N) is 1.